The normalized spacial score (nSPS) is 10.1. The fourth-order valence-corrected chi connectivity index (χ4v) is 0.961. The maximum Gasteiger partial charge on any atom is 0.360 e. The molecule has 1 aromatic heterocycles. The maximum absolute atomic E-state index is 11.2. The van der Waals surface area contributed by atoms with Crippen LogP contribution in [0.2, 0.25) is 0 Å². The summed E-state index contributed by atoms with van der Waals surface area (Å²) in [6, 6.07) is 0. The van der Waals surface area contributed by atoms with Crippen molar-refractivity contribution in [2.75, 3.05) is 23.3 Å². The van der Waals surface area contributed by atoms with E-state index in [2.05, 4.69) is 5.32 Å². The lowest BCUT2D eigenvalue weighted by atomic mass is 10.5. The molecule has 0 aliphatic rings. The predicted octanol–water partition coefficient (Wildman–Crippen LogP) is -1.74. The van der Waals surface area contributed by atoms with Gasteiger partial charge in [0.2, 0.25) is 0 Å². The lowest BCUT2D eigenvalue weighted by Gasteiger charge is -2.16. The van der Waals surface area contributed by atoms with Crippen LogP contribution in [0.15, 0.2) is 0 Å². The van der Waals surface area contributed by atoms with Crippen molar-refractivity contribution in [1.82, 2.24) is 0 Å². The van der Waals surface area contributed by atoms with Gasteiger partial charge in [-0.3, -0.25) is 5.32 Å². The fourth-order valence-electron chi connectivity index (χ4n) is 0.961. The summed E-state index contributed by atoms with van der Waals surface area (Å²) in [5, 5.41) is 34.1. The lowest BCUT2D eigenvalue weighted by molar-refractivity contribution is -0.639. The van der Waals surface area contributed by atoms with Gasteiger partial charge in [0.05, 0.1) is 6.54 Å². The highest BCUT2D eigenvalue weighted by Gasteiger charge is 2.22. The van der Waals surface area contributed by atoms with Crippen molar-refractivity contribution in [3.8, 4) is 5.88 Å². The van der Waals surface area contributed by atoms with Crippen molar-refractivity contribution in [1.29, 1.82) is 0 Å². The summed E-state index contributed by atoms with van der Waals surface area (Å²) in [6.07, 6.45) is 0. The Morgan fingerprint density at radius 3 is 2.36 bits per heavy atom. The molecule has 0 atom stereocenters. The number of nitrogens with zero attached hydrogens (tertiary/aromatic N) is 2. The molecule has 0 fully saturated rings. The summed E-state index contributed by atoms with van der Waals surface area (Å²) < 4.78 is 0.157. The van der Waals surface area contributed by atoms with Gasteiger partial charge in [0, 0.05) is 0 Å². The van der Waals surface area contributed by atoms with Gasteiger partial charge >= 0.3 is 23.3 Å². The number of anilines is 3. The number of nitrogens with two attached hydrogens (primary N) is 2. The highest BCUT2D eigenvalue weighted by atomic mass is 16.5. The molecule has 0 saturated carbocycles. The summed E-state index contributed by atoms with van der Waals surface area (Å²) in [6.45, 7) is 2.10. The Kier molecular flexibility index (Phi) is 2.36. The van der Waals surface area contributed by atoms with Crippen LogP contribution in [0.25, 0.3) is 0 Å². The van der Waals surface area contributed by atoms with Gasteiger partial charge in [-0.2, -0.15) is 4.73 Å². The molecule has 8 heteroatoms. The van der Waals surface area contributed by atoms with Crippen molar-refractivity contribution < 1.29 is 14.6 Å². The molecule has 0 bridgehead atoms. The van der Waals surface area contributed by atoms with E-state index in [1.807, 2.05) is 0 Å². The fraction of sp³-hybridized carbons (Fsp3) is 0.333. The Morgan fingerprint density at radius 2 is 1.86 bits per heavy atom. The largest absolute Gasteiger partial charge is 0.740 e. The number of nitrogen functional groups attached to an aromatic ring is 2. The molecule has 0 aliphatic carbocycles. The van der Waals surface area contributed by atoms with E-state index in [1.54, 1.807) is 6.92 Å². The standard InChI is InChI=1S/C6H11N5O3/c1-2-9-5-3(7)10(13)4(8)6(12)11(5)14/h9,12H,2,7-8H2,1H3. The molecule has 1 aromatic rings. The molecule has 78 valence electrons. The molecule has 8 nitrogen and oxygen atoms in total. The van der Waals surface area contributed by atoms with Crippen LogP contribution in [0.5, 0.6) is 5.88 Å². The van der Waals surface area contributed by atoms with Crippen LogP contribution in [-0.4, -0.2) is 11.7 Å². The Morgan fingerprint density at radius 1 is 1.29 bits per heavy atom. The molecule has 0 spiro atoms. The number of nitrogens with one attached hydrogen (secondary N) is 1. The van der Waals surface area contributed by atoms with Crippen LogP contribution in [0.3, 0.4) is 0 Å². The zero-order valence-electron chi connectivity index (χ0n) is 7.52. The molecule has 6 N–H and O–H groups in total. The summed E-state index contributed by atoms with van der Waals surface area (Å²) in [7, 11) is 0. The first-order valence-corrected chi connectivity index (χ1v) is 3.87. The van der Waals surface area contributed by atoms with Gasteiger partial charge in [0.1, 0.15) is 0 Å². The number of hydrogen-bond acceptors (Lipinski definition) is 6. The molecule has 0 unspecified atom stereocenters. The molecule has 0 radical (unpaired) electrons. The van der Waals surface area contributed by atoms with Gasteiger partial charge in [-0.15, -0.1) is 0 Å². The van der Waals surface area contributed by atoms with Crippen LogP contribution in [0, 0.1) is 10.4 Å². The van der Waals surface area contributed by atoms with Crippen LogP contribution in [0.4, 0.5) is 17.5 Å². The van der Waals surface area contributed by atoms with Gasteiger partial charge in [0.25, 0.3) is 0 Å². The third-order valence-electron chi connectivity index (χ3n) is 1.65. The minimum absolute atomic E-state index is 0.0720. The van der Waals surface area contributed by atoms with Crippen molar-refractivity contribution in [2.24, 2.45) is 0 Å². The Hall–Kier alpha value is -2.12. The van der Waals surface area contributed by atoms with E-state index in [1.165, 1.54) is 0 Å². The Labute approximate surface area is 79.5 Å². The smallest absolute Gasteiger partial charge is 0.360 e. The van der Waals surface area contributed by atoms with Crippen LogP contribution < -0.4 is 26.2 Å². The van der Waals surface area contributed by atoms with E-state index in [0.717, 1.165) is 0 Å². The van der Waals surface area contributed by atoms with Gasteiger partial charge in [0.15, 0.2) is 0 Å². The second kappa shape index (κ2) is 3.32. The van der Waals surface area contributed by atoms with Gasteiger partial charge in [-0.25, -0.2) is 4.73 Å². The molecule has 0 aliphatic heterocycles. The maximum atomic E-state index is 11.2. The summed E-state index contributed by atoms with van der Waals surface area (Å²) >= 11 is 0. The van der Waals surface area contributed by atoms with Gasteiger partial charge < -0.3 is 27.0 Å². The van der Waals surface area contributed by atoms with E-state index >= 15 is 0 Å². The van der Waals surface area contributed by atoms with Crippen molar-refractivity contribution in [3.05, 3.63) is 10.4 Å². The number of aromatic nitrogens is 2. The molecule has 14 heavy (non-hydrogen) atoms. The van der Waals surface area contributed by atoms with Gasteiger partial charge in [-0.1, -0.05) is 0 Å². The molecule has 0 aromatic carbocycles. The first kappa shape index (κ1) is 9.96. The Bertz CT molecular complexity index is 338. The van der Waals surface area contributed by atoms with Crippen LogP contribution in [0.1, 0.15) is 6.92 Å². The SMILES string of the molecule is CCNc1c(N)[n+]([O-])c(N)c(O)[n+]1[O-]. The molecular formula is C6H11N5O3. The first-order chi connectivity index (χ1) is 6.50. The summed E-state index contributed by atoms with van der Waals surface area (Å²) in [4.78, 5) is 0. The van der Waals surface area contributed by atoms with E-state index < -0.39 is 11.7 Å². The molecule has 1 heterocycles. The first-order valence-electron chi connectivity index (χ1n) is 3.87. The highest BCUT2D eigenvalue weighted by molar-refractivity contribution is 5.51. The summed E-state index contributed by atoms with van der Waals surface area (Å²) in [5.41, 5.74) is 10.4. The molecule has 0 amide bonds. The van der Waals surface area contributed by atoms with E-state index in [9.17, 15) is 10.4 Å². The lowest BCUT2D eigenvalue weighted by Crippen LogP contribution is -2.44. The zero-order valence-corrected chi connectivity index (χ0v) is 7.52. The van der Waals surface area contributed by atoms with E-state index in [4.69, 9.17) is 16.6 Å². The zero-order chi connectivity index (χ0) is 10.9. The van der Waals surface area contributed by atoms with Crippen molar-refractivity contribution >= 4 is 17.5 Å². The number of aromatic hydroxyl groups is 1. The third kappa shape index (κ3) is 1.26. The monoisotopic (exact) mass is 201 g/mol. The molecule has 0 saturated heterocycles. The van der Waals surface area contributed by atoms with Crippen LogP contribution >= 0.6 is 0 Å². The molecule has 1 rings (SSSR count). The average molecular weight is 201 g/mol. The number of hydrogen-bond donors (Lipinski definition) is 4. The topological polar surface area (TPSA) is 138 Å². The van der Waals surface area contributed by atoms with Gasteiger partial charge in [-0.05, 0) is 6.92 Å². The minimum Gasteiger partial charge on any atom is -0.740 e. The number of rotatable bonds is 2. The Balaban J connectivity index is 3.43. The minimum atomic E-state index is -0.870. The second-order valence-corrected chi connectivity index (χ2v) is 2.56. The average Bonchev–Trinajstić information content (AvgIpc) is 2.19. The van der Waals surface area contributed by atoms with Crippen molar-refractivity contribution in [2.45, 2.75) is 6.92 Å². The predicted molar refractivity (Wildman–Crippen MR) is 49.0 cm³/mol. The third-order valence-corrected chi connectivity index (χ3v) is 1.65. The van der Waals surface area contributed by atoms with E-state index in [0.29, 0.717) is 6.54 Å². The van der Waals surface area contributed by atoms with E-state index in [-0.39, 0.29) is 21.1 Å². The summed E-state index contributed by atoms with van der Waals surface area (Å²) in [5.74, 6) is -2.09. The highest BCUT2D eigenvalue weighted by Crippen LogP contribution is 2.16. The van der Waals surface area contributed by atoms with Crippen molar-refractivity contribution in [3.63, 3.8) is 0 Å². The molecular weight excluding hydrogens is 190 g/mol. The second-order valence-electron chi connectivity index (χ2n) is 2.56. The quantitative estimate of drug-likeness (QED) is 0.331. The van der Waals surface area contributed by atoms with Crippen LogP contribution in [-0.2, 0) is 0 Å².